The number of rotatable bonds is 5. The molecule has 0 aromatic heterocycles. The maximum atomic E-state index is 12.7. The molecule has 0 unspecified atom stereocenters. The molecule has 1 amide bonds. The molecule has 1 heterocycles. The normalized spacial score (nSPS) is 32.4. The summed E-state index contributed by atoms with van der Waals surface area (Å²) in [5.74, 6) is 1.83. The Hall–Kier alpha value is -1.39. The third-order valence-electron chi connectivity index (χ3n) is 6.21. The smallest absolute Gasteiger partial charge is 0.251 e. The minimum atomic E-state index is 0.0531. The van der Waals surface area contributed by atoms with E-state index in [0.717, 1.165) is 30.1 Å². The van der Waals surface area contributed by atoms with Crippen molar-refractivity contribution in [2.24, 2.45) is 17.8 Å². The summed E-state index contributed by atoms with van der Waals surface area (Å²) >= 11 is 0. The maximum absolute atomic E-state index is 12.7. The molecule has 2 saturated carbocycles. The first-order valence-electron chi connectivity index (χ1n) is 9.28. The first-order chi connectivity index (χ1) is 11.8. The molecule has 1 aromatic rings. The first kappa shape index (κ1) is 16.1. The molecule has 4 nitrogen and oxygen atoms in total. The van der Waals surface area contributed by atoms with Crippen molar-refractivity contribution >= 4 is 5.91 Å². The Bertz CT molecular complexity index is 574. The summed E-state index contributed by atoms with van der Waals surface area (Å²) in [5, 5.41) is 3.33. The number of carbonyl (C=O) groups is 1. The van der Waals surface area contributed by atoms with Crippen LogP contribution in [0.15, 0.2) is 24.3 Å². The molecule has 1 aromatic carbocycles. The molecule has 130 valence electrons. The molecule has 0 radical (unpaired) electrons. The quantitative estimate of drug-likeness (QED) is 0.903. The van der Waals surface area contributed by atoms with Gasteiger partial charge in [0.1, 0.15) is 0 Å². The van der Waals surface area contributed by atoms with Crippen LogP contribution >= 0.6 is 0 Å². The van der Waals surface area contributed by atoms with Crippen LogP contribution in [-0.4, -0.2) is 31.8 Å². The summed E-state index contributed by atoms with van der Waals surface area (Å²) in [5.41, 5.74) is 1.83. The molecule has 0 spiro atoms. The molecule has 4 rings (SSSR count). The molecule has 1 N–H and O–H groups in total. The summed E-state index contributed by atoms with van der Waals surface area (Å²) in [7, 11) is 1.68. The predicted molar refractivity (Wildman–Crippen MR) is 91.7 cm³/mol. The van der Waals surface area contributed by atoms with Crippen LogP contribution in [-0.2, 0) is 16.1 Å². The lowest BCUT2D eigenvalue weighted by atomic mass is 9.61. The van der Waals surface area contributed by atoms with E-state index < -0.39 is 0 Å². The predicted octanol–water partition coefficient (Wildman–Crippen LogP) is 3.16. The highest BCUT2D eigenvalue weighted by Gasteiger charge is 2.56. The van der Waals surface area contributed by atoms with Crippen molar-refractivity contribution in [3.8, 4) is 0 Å². The molecule has 2 aliphatic carbocycles. The van der Waals surface area contributed by atoms with Gasteiger partial charge in [0, 0.05) is 37.2 Å². The third-order valence-corrected chi connectivity index (χ3v) is 6.21. The van der Waals surface area contributed by atoms with Gasteiger partial charge >= 0.3 is 0 Å². The lowest BCUT2D eigenvalue weighted by Crippen LogP contribution is -2.63. The lowest BCUT2D eigenvalue weighted by molar-refractivity contribution is -0.0784. The van der Waals surface area contributed by atoms with Crippen LogP contribution in [0.1, 0.15) is 48.0 Å². The highest BCUT2D eigenvalue weighted by Crippen LogP contribution is 2.51. The molecule has 4 atom stereocenters. The molecule has 0 bridgehead atoms. The Morgan fingerprint density at radius 3 is 2.67 bits per heavy atom. The minimum Gasteiger partial charge on any atom is -0.380 e. The Labute approximate surface area is 143 Å². The Morgan fingerprint density at radius 1 is 1.21 bits per heavy atom. The van der Waals surface area contributed by atoms with Gasteiger partial charge in [-0.2, -0.15) is 0 Å². The van der Waals surface area contributed by atoms with Gasteiger partial charge in [0.25, 0.3) is 5.91 Å². The van der Waals surface area contributed by atoms with Crippen molar-refractivity contribution < 1.29 is 14.3 Å². The summed E-state index contributed by atoms with van der Waals surface area (Å²) < 4.78 is 11.1. The van der Waals surface area contributed by atoms with Gasteiger partial charge in [0.15, 0.2) is 0 Å². The van der Waals surface area contributed by atoms with Gasteiger partial charge in [0.05, 0.1) is 12.7 Å². The highest BCUT2D eigenvalue weighted by atomic mass is 16.5. The van der Waals surface area contributed by atoms with Crippen molar-refractivity contribution in [1.82, 2.24) is 5.32 Å². The van der Waals surface area contributed by atoms with E-state index in [1.807, 2.05) is 24.3 Å². The topological polar surface area (TPSA) is 47.6 Å². The largest absolute Gasteiger partial charge is 0.380 e. The van der Waals surface area contributed by atoms with Crippen LogP contribution < -0.4 is 5.32 Å². The van der Waals surface area contributed by atoms with E-state index in [1.165, 1.54) is 25.7 Å². The Kier molecular flexibility index (Phi) is 4.59. The van der Waals surface area contributed by atoms with Crippen LogP contribution in [0, 0.1) is 17.8 Å². The first-order valence-corrected chi connectivity index (χ1v) is 9.28. The van der Waals surface area contributed by atoms with Crippen LogP contribution in [0.5, 0.6) is 0 Å². The summed E-state index contributed by atoms with van der Waals surface area (Å²) in [6.45, 7) is 1.44. The molecule has 24 heavy (non-hydrogen) atoms. The van der Waals surface area contributed by atoms with Crippen molar-refractivity contribution in [2.45, 2.75) is 50.9 Å². The minimum absolute atomic E-state index is 0.0531. The number of ether oxygens (including phenoxy) is 2. The second kappa shape index (κ2) is 6.85. The number of carbonyl (C=O) groups excluding carboxylic acids is 1. The van der Waals surface area contributed by atoms with Crippen LogP contribution in [0.4, 0.5) is 0 Å². The van der Waals surface area contributed by atoms with E-state index >= 15 is 0 Å². The molecule has 3 fully saturated rings. The fraction of sp³-hybridized carbons (Fsp3) is 0.650. The number of nitrogens with one attached hydrogen (secondary N) is 1. The van der Waals surface area contributed by atoms with Crippen molar-refractivity contribution in [1.29, 1.82) is 0 Å². The van der Waals surface area contributed by atoms with Gasteiger partial charge in [-0.25, -0.2) is 0 Å². The number of hydrogen-bond donors (Lipinski definition) is 1. The molecular formula is C20H27NO3. The zero-order valence-electron chi connectivity index (χ0n) is 14.4. The van der Waals surface area contributed by atoms with Gasteiger partial charge < -0.3 is 14.8 Å². The zero-order valence-corrected chi connectivity index (χ0v) is 14.4. The lowest BCUT2D eigenvalue weighted by Gasteiger charge is -2.50. The fourth-order valence-corrected chi connectivity index (χ4v) is 5.01. The molecule has 4 heteroatoms. The average molecular weight is 329 g/mol. The molecule has 1 saturated heterocycles. The highest BCUT2D eigenvalue weighted by molar-refractivity contribution is 5.94. The van der Waals surface area contributed by atoms with Gasteiger partial charge in [-0.15, -0.1) is 0 Å². The van der Waals surface area contributed by atoms with Gasteiger partial charge in [-0.3, -0.25) is 4.79 Å². The van der Waals surface area contributed by atoms with Crippen molar-refractivity contribution in [2.75, 3.05) is 13.7 Å². The zero-order chi connectivity index (χ0) is 16.5. The number of hydrogen-bond acceptors (Lipinski definition) is 3. The van der Waals surface area contributed by atoms with Crippen molar-refractivity contribution in [3.63, 3.8) is 0 Å². The second-order valence-electron chi connectivity index (χ2n) is 7.54. The SMILES string of the molecule is COCc1ccc(C(=O)N[C@@H]2[C@@H]3CCO[C@@H]3[C@@H]2C2CCCC2)cc1. The Balaban J connectivity index is 1.43. The van der Waals surface area contributed by atoms with E-state index in [9.17, 15) is 4.79 Å². The van der Waals surface area contributed by atoms with E-state index in [-0.39, 0.29) is 5.91 Å². The molecule has 3 aliphatic rings. The van der Waals surface area contributed by atoms with E-state index in [0.29, 0.717) is 30.6 Å². The van der Waals surface area contributed by atoms with Gasteiger partial charge in [-0.05, 0) is 30.0 Å². The average Bonchev–Trinajstić information content (AvgIpc) is 3.24. The van der Waals surface area contributed by atoms with Crippen LogP contribution in [0.2, 0.25) is 0 Å². The van der Waals surface area contributed by atoms with E-state index in [1.54, 1.807) is 7.11 Å². The maximum Gasteiger partial charge on any atom is 0.251 e. The standard InChI is InChI=1S/C20H27NO3/c1-23-12-13-6-8-15(9-7-13)20(22)21-18-16-10-11-24-19(16)17(18)14-4-2-3-5-14/h6-9,14,16-19H,2-5,10-12H2,1H3,(H,21,22)/t16-,17+,18+,19-/m0/s1. The number of amides is 1. The van der Waals surface area contributed by atoms with E-state index in [2.05, 4.69) is 5.32 Å². The summed E-state index contributed by atoms with van der Waals surface area (Å²) in [6, 6.07) is 8.03. The Morgan fingerprint density at radius 2 is 1.96 bits per heavy atom. The third kappa shape index (κ3) is 2.86. The van der Waals surface area contributed by atoms with E-state index in [4.69, 9.17) is 9.47 Å². The number of methoxy groups -OCH3 is 1. The van der Waals surface area contributed by atoms with Crippen LogP contribution in [0.25, 0.3) is 0 Å². The second-order valence-corrected chi connectivity index (χ2v) is 7.54. The molecule has 1 aliphatic heterocycles. The molecular weight excluding hydrogens is 302 g/mol. The van der Waals surface area contributed by atoms with Crippen molar-refractivity contribution in [3.05, 3.63) is 35.4 Å². The monoisotopic (exact) mass is 329 g/mol. The fourth-order valence-electron chi connectivity index (χ4n) is 5.01. The van der Waals surface area contributed by atoms with Crippen LogP contribution in [0.3, 0.4) is 0 Å². The van der Waals surface area contributed by atoms with Gasteiger partial charge in [0.2, 0.25) is 0 Å². The number of fused-ring (bicyclic) bond motifs is 1. The number of benzene rings is 1. The summed E-state index contributed by atoms with van der Waals surface area (Å²) in [4.78, 5) is 12.7. The van der Waals surface area contributed by atoms with Gasteiger partial charge in [-0.1, -0.05) is 37.8 Å². The summed E-state index contributed by atoms with van der Waals surface area (Å²) in [6.07, 6.45) is 6.75.